The number of guanidine groups is 1. The van der Waals surface area contributed by atoms with Gasteiger partial charge in [0.2, 0.25) is 65.0 Å². The van der Waals surface area contributed by atoms with E-state index in [1.807, 2.05) is 30.3 Å². The lowest BCUT2D eigenvalue weighted by molar-refractivity contribution is -0.142. The minimum Gasteiger partial charge on any atom is -0.394 e. The van der Waals surface area contributed by atoms with Crippen molar-refractivity contribution in [1.82, 2.24) is 57.7 Å². The van der Waals surface area contributed by atoms with Crippen LogP contribution in [-0.2, 0) is 78.4 Å². The van der Waals surface area contributed by atoms with Crippen molar-refractivity contribution in [2.24, 2.45) is 39.6 Å². The van der Waals surface area contributed by atoms with Crippen LogP contribution in [0.1, 0.15) is 81.5 Å². The van der Waals surface area contributed by atoms with Gasteiger partial charge in [-0.05, 0) is 96.2 Å². The first-order chi connectivity index (χ1) is 46.7. The molecule has 20 N–H and O–H groups in total. The van der Waals surface area contributed by atoms with E-state index in [2.05, 4.69) is 57.8 Å². The molecule has 98 heavy (non-hydrogen) atoms. The molecule has 524 valence electrons. The second kappa shape index (κ2) is 37.5. The third-order valence-corrected chi connectivity index (χ3v) is 16.3. The first kappa shape index (κ1) is 76.3. The molecule has 13 amide bonds. The highest BCUT2D eigenvalue weighted by Crippen LogP contribution is 2.23. The maximum Gasteiger partial charge on any atom is 0.312 e. The molecular formula is C67H86ClN17O13. The summed E-state index contributed by atoms with van der Waals surface area (Å²) < 4.78 is 0. The fraction of sp³-hybridized carbons (Fsp3) is 0.403. The Labute approximate surface area is 570 Å². The number of nitrogens with one attached hydrogen (secondary N) is 9. The van der Waals surface area contributed by atoms with Crippen molar-refractivity contribution < 1.29 is 62.6 Å². The van der Waals surface area contributed by atoms with E-state index in [1.54, 1.807) is 92.7 Å². The second-order valence-electron chi connectivity index (χ2n) is 24.2. The molecule has 0 aliphatic carbocycles. The van der Waals surface area contributed by atoms with Crippen LogP contribution in [0.4, 0.5) is 4.79 Å². The summed E-state index contributed by atoms with van der Waals surface area (Å²) in [6, 6.07) is 15.3. The standard InChI is InChI=1S/C67H86ClN17O13/c1-37(2)29-47(57(89)77-46(20-11-27-75-66(71)72)65(97)85-28-12-21-54(85)64(96)76-38(3)56(70)88)78-59(91)50(32-41-15-10-26-74-35-41)81-62(94)52(34-55(69)87)82-63(95)53(36-86)83-60(92)48(30-39-13-5-4-6-14-39)79-58(90)49(31-40-22-24-44(68)25-23-40)80-61(93)51(84-67(73)98)33-43-18-9-17-42-16-7-8-19-45(42)43/h4-10,13-19,22-26,35,37-38,46-54,86H,11-12,20-21,27-34,36H2,1-3H3,(H2,69,87)(H2,70,88)(H,76,96)(H,77,89)(H,78,91)(H,79,90)(H,80,93)(H,81,94)(H,82,95)(H,83,92)(H4,71,72,75)(H3,73,84,98)/t38-,46+,47+,48-,49-,50-,51-,52+,53+,54+/m1/s1. The normalized spacial score (nSPS) is 15.4. The van der Waals surface area contributed by atoms with Crippen LogP contribution in [0.2, 0.25) is 5.02 Å². The number of aliphatic imine (C=N–C) groups is 1. The van der Waals surface area contributed by atoms with E-state index in [0.717, 1.165) is 10.8 Å². The van der Waals surface area contributed by atoms with Crippen LogP contribution in [0.25, 0.3) is 10.8 Å². The zero-order valence-corrected chi connectivity index (χ0v) is 55.3. The number of urea groups is 1. The zero-order valence-electron chi connectivity index (χ0n) is 54.5. The van der Waals surface area contributed by atoms with Crippen molar-refractivity contribution >= 4 is 99.3 Å². The predicted octanol–water partition coefficient (Wildman–Crippen LogP) is -1.46. The number of aromatic nitrogens is 1. The molecule has 5 aromatic rings. The largest absolute Gasteiger partial charge is 0.394 e. The van der Waals surface area contributed by atoms with Gasteiger partial charge in [0, 0.05) is 56.2 Å². The number of carbonyl (C=O) groups excluding carboxylic acids is 12. The molecule has 0 spiro atoms. The van der Waals surface area contributed by atoms with Crippen molar-refractivity contribution in [2.75, 3.05) is 19.7 Å². The molecule has 4 aromatic carbocycles. The van der Waals surface area contributed by atoms with E-state index >= 15 is 0 Å². The number of amides is 13. The smallest absolute Gasteiger partial charge is 0.312 e. The topological polar surface area (TPSA) is 492 Å². The van der Waals surface area contributed by atoms with Crippen molar-refractivity contribution in [3.63, 3.8) is 0 Å². The van der Waals surface area contributed by atoms with E-state index in [4.69, 9.17) is 40.3 Å². The number of likely N-dealkylation sites (tertiary alicyclic amines) is 1. The molecule has 0 radical (unpaired) electrons. The van der Waals surface area contributed by atoms with E-state index < -0.39 is 144 Å². The highest BCUT2D eigenvalue weighted by atomic mass is 35.5. The van der Waals surface area contributed by atoms with Gasteiger partial charge in [0.15, 0.2) is 5.96 Å². The number of fused-ring (bicyclic) bond motifs is 1. The molecule has 30 nitrogen and oxygen atoms in total. The molecule has 1 saturated heterocycles. The lowest BCUT2D eigenvalue weighted by atomic mass is 9.97. The fourth-order valence-electron chi connectivity index (χ4n) is 11.0. The van der Waals surface area contributed by atoms with Gasteiger partial charge in [-0.15, -0.1) is 0 Å². The summed E-state index contributed by atoms with van der Waals surface area (Å²) in [7, 11) is 0. The molecular weight excluding hydrogens is 1290 g/mol. The minimum atomic E-state index is -1.90. The minimum absolute atomic E-state index is 0.0193. The Hall–Kier alpha value is -10.7. The predicted molar refractivity (Wildman–Crippen MR) is 363 cm³/mol. The Morgan fingerprint density at radius 1 is 0.561 bits per heavy atom. The number of benzene rings is 4. The monoisotopic (exact) mass is 1370 g/mol. The van der Waals surface area contributed by atoms with Gasteiger partial charge in [-0.2, -0.15) is 0 Å². The van der Waals surface area contributed by atoms with Gasteiger partial charge >= 0.3 is 6.03 Å². The average Bonchev–Trinajstić information content (AvgIpc) is 1.13. The summed E-state index contributed by atoms with van der Waals surface area (Å²) in [6.07, 6.45) is 1.99. The third-order valence-electron chi connectivity index (χ3n) is 16.0. The van der Waals surface area contributed by atoms with E-state index in [1.165, 1.54) is 24.2 Å². The SMILES string of the molecule is CC(C)C[C@H](NC(=O)[C@@H](Cc1cccnc1)NC(=O)[C@H](CC(N)=O)NC(=O)[C@H](CO)NC(=O)[C@@H](Cc1ccccc1)NC(=O)[C@@H](Cc1ccc(Cl)cc1)NC(=O)[C@@H](Cc1cccc2ccccc12)NC(N)=O)C(=O)N[C@@H](CCCN=C(N)N)C(=O)N1CCC[C@H]1C(=O)N[C@H](C)C(N)=O. The maximum atomic E-state index is 14.7. The van der Waals surface area contributed by atoms with E-state index in [9.17, 15) is 62.6 Å². The van der Waals surface area contributed by atoms with Crippen molar-refractivity contribution in [2.45, 2.75) is 145 Å². The first-order valence-electron chi connectivity index (χ1n) is 31.9. The molecule has 1 aliphatic heterocycles. The summed E-state index contributed by atoms with van der Waals surface area (Å²) >= 11 is 6.20. The lowest BCUT2D eigenvalue weighted by Gasteiger charge is -2.31. The second-order valence-corrected chi connectivity index (χ2v) is 24.6. The highest BCUT2D eigenvalue weighted by molar-refractivity contribution is 6.30. The molecule has 2 heterocycles. The summed E-state index contributed by atoms with van der Waals surface area (Å²) in [5.74, 6) is -10.6. The summed E-state index contributed by atoms with van der Waals surface area (Å²) in [5.41, 5.74) is 29.8. The van der Waals surface area contributed by atoms with Gasteiger partial charge in [-0.25, -0.2) is 4.79 Å². The van der Waals surface area contributed by atoms with Crippen LogP contribution >= 0.6 is 11.6 Å². The van der Waals surface area contributed by atoms with Gasteiger partial charge < -0.3 is 86.5 Å². The van der Waals surface area contributed by atoms with Gasteiger partial charge in [-0.1, -0.05) is 116 Å². The van der Waals surface area contributed by atoms with Gasteiger partial charge in [-0.3, -0.25) is 62.7 Å². The number of primary amides is 3. The molecule has 0 bridgehead atoms. The van der Waals surface area contributed by atoms with Gasteiger partial charge in [0.1, 0.15) is 60.4 Å². The first-order valence-corrected chi connectivity index (χ1v) is 32.2. The molecule has 10 atom stereocenters. The number of hydrogen-bond donors (Lipinski definition) is 15. The van der Waals surface area contributed by atoms with Crippen LogP contribution < -0.4 is 76.5 Å². The van der Waals surface area contributed by atoms with Crippen LogP contribution in [0, 0.1) is 5.92 Å². The van der Waals surface area contributed by atoms with Crippen molar-refractivity contribution in [3.8, 4) is 0 Å². The summed E-state index contributed by atoms with van der Waals surface area (Å²) in [5, 5.41) is 35.9. The fourth-order valence-corrected chi connectivity index (χ4v) is 11.1. The average molecular weight is 1370 g/mol. The molecule has 31 heteroatoms. The highest BCUT2D eigenvalue weighted by Gasteiger charge is 2.40. The number of halogens is 1. The molecule has 6 rings (SSSR count). The number of nitrogens with two attached hydrogens (primary N) is 5. The number of rotatable bonds is 36. The maximum absolute atomic E-state index is 14.7. The van der Waals surface area contributed by atoms with Gasteiger partial charge in [0.05, 0.1) is 13.0 Å². The lowest BCUT2D eigenvalue weighted by Crippen LogP contribution is -2.62. The molecule has 1 aliphatic rings. The number of aliphatic hydroxyl groups is 1. The van der Waals surface area contributed by atoms with Crippen molar-refractivity contribution in [3.05, 3.63) is 149 Å². The Kier molecular flexibility index (Phi) is 29.2. The Morgan fingerprint density at radius 3 is 1.64 bits per heavy atom. The van der Waals surface area contributed by atoms with Gasteiger partial charge in [0.25, 0.3) is 0 Å². The molecule has 0 saturated carbocycles. The van der Waals surface area contributed by atoms with E-state index in [-0.39, 0.29) is 76.3 Å². The number of hydrogen-bond acceptors (Lipinski definition) is 15. The Bertz CT molecular complexity index is 3650. The zero-order chi connectivity index (χ0) is 71.6. The van der Waals surface area contributed by atoms with Crippen LogP contribution in [-0.4, -0.2) is 172 Å². The number of aliphatic hydroxyl groups excluding tert-OH is 1. The summed E-state index contributed by atoms with van der Waals surface area (Å²) in [6.45, 7) is 3.98. The molecule has 1 aromatic heterocycles. The number of nitrogens with zero attached hydrogens (tertiary/aromatic N) is 3. The molecule has 0 unspecified atom stereocenters. The van der Waals surface area contributed by atoms with Crippen LogP contribution in [0.15, 0.2) is 127 Å². The van der Waals surface area contributed by atoms with E-state index in [0.29, 0.717) is 33.7 Å². The Balaban J connectivity index is 1.22. The quantitative estimate of drug-likeness (QED) is 0.0124. The van der Waals surface area contributed by atoms with Crippen LogP contribution in [0.5, 0.6) is 0 Å². The van der Waals surface area contributed by atoms with Crippen molar-refractivity contribution in [1.29, 1.82) is 0 Å². The van der Waals surface area contributed by atoms with Crippen LogP contribution in [0.3, 0.4) is 0 Å². The third kappa shape index (κ3) is 23.9. The number of pyridine rings is 1. The summed E-state index contributed by atoms with van der Waals surface area (Å²) in [4.78, 5) is 176. The molecule has 1 fully saturated rings. The number of carbonyl (C=O) groups is 12. The Morgan fingerprint density at radius 2 is 1.07 bits per heavy atom.